The lowest BCUT2D eigenvalue weighted by Crippen LogP contribution is -2.12. The topological polar surface area (TPSA) is 21.9 Å². The summed E-state index contributed by atoms with van der Waals surface area (Å²) in [6.45, 7) is 1.15. The largest absolute Gasteiger partial charge is 0.304 e. The van der Waals surface area contributed by atoms with Crippen molar-refractivity contribution in [2.24, 2.45) is 0 Å². The summed E-state index contributed by atoms with van der Waals surface area (Å²) < 4.78 is 1.21. The van der Waals surface area contributed by atoms with Gasteiger partial charge in [-0.25, -0.2) is 0 Å². The number of halogens is 1. The van der Waals surface area contributed by atoms with Gasteiger partial charge in [0.05, 0.1) is 5.54 Å². The molecule has 0 saturated carbocycles. The van der Waals surface area contributed by atoms with Crippen molar-refractivity contribution in [2.75, 3.05) is 6.54 Å². The third-order valence-electron chi connectivity index (χ3n) is 1.93. The van der Waals surface area contributed by atoms with Crippen LogP contribution in [0, 0.1) is 0 Å². The fraction of sp³-hybridized carbons (Fsp3) is 0.571. The molecule has 1 nitrogen and oxygen atoms in total. The SMILES string of the molecule is BrC1=C=CC2(CC1)CN2. The average Bonchev–Trinajstić information content (AvgIpc) is 2.60. The van der Waals surface area contributed by atoms with Gasteiger partial charge in [-0.1, -0.05) is 0 Å². The maximum absolute atomic E-state index is 3.41. The standard InChI is InChI=1S/C7H8BrN/c8-6-1-3-7(4-2-6)5-9-7/h4,9H,1,3,5H2. The van der Waals surface area contributed by atoms with E-state index in [-0.39, 0.29) is 0 Å². The van der Waals surface area contributed by atoms with Crippen molar-refractivity contribution in [3.8, 4) is 0 Å². The Bertz CT molecular complexity index is 197. The second-order valence-corrected chi connectivity index (χ2v) is 3.66. The molecule has 0 aromatic carbocycles. The number of nitrogens with one attached hydrogen (secondary N) is 1. The molecule has 48 valence electrons. The predicted octanol–water partition coefficient (Wildman–Crippen LogP) is 1.56. The van der Waals surface area contributed by atoms with Crippen LogP contribution >= 0.6 is 15.9 Å². The molecule has 1 unspecified atom stereocenters. The minimum atomic E-state index is 0.372. The van der Waals surface area contributed by atoms with Crippen molar-refractivity contribution in [3.05, 3.63) is 16.3 Å². The van der Waals surface area contributed by atoms with Gasteiger partial charge in [0.2, 0.25) is 0 Å². The van der Waals surface area contributed by atoms with Gasteiger partial charge in [-0.2, -0.15) is 0 Å². The van der Waals surface area contributed by atoms with E-state index in [9.17, 15) is 0 Å². The molecule has 1 aliphatic heterocycles. The van der Waals surface area contributed by atoms with Gasteiger partial charge in [0.25, 0.3) is 0 Å². The molecule has 0 amide bonds. The molecule has 1 fully saturated rings. The van der Waals surface area contributed by atoms with Crippen molar-refractivity contribution >= 4 is 15.9 Å². The van der Waals surface area contributed by atoms with Crippen molar-refractivity contribution in [3.63, 3.8) is 0 Å². The summed E-state index contributed by atoms with van der Waals surface area (Å²) in [5, 5.41) is 3.32. The molecular formula is C7H8BrN. The van der Waals surface area contributed by atoms with Crippen molar-refractivity contribution in [1.82, 2.24) is 5.32 Å². The number of hydrogen-bond acceptors (Lipinski definition) is 1. The smallest absolute Gasteiger partial charge is 0.0570 e. The first-order valence-corrected chi connectivity index (χ1v) is 3.97. The van der Waals surface area contributed by atoms with Gasteiger partial charge in [-0.15, -0.1) is 5.73 Å². The van der Waals surface area contributed by atoms with Crippen LogP contribution < -0.4 is 5.32 Å². The molecular weight excluding hydrogens is 178 g/mol. The highest BCUT2D eigenvalue weighted by molar-refractivity contribution is 9.11. The van der Waals surface area contributed by atoms with E-state index in [1.165, 1.54) is 10.9 Å². The average molecular weight is 186 g/mol. The van der Waals surface area contributed by atoms with Crippen LogP contribution in [0.25, 0.3) is 0 Å². The Morgan fingerprint density at radius 1 is 1.78 bits per heavy atom. The van der Waals surface area contributed by atoms with Gasteiger partial charge in [0.15, 0.2) is 0 Å². The van der Waals surface area contributed by atoms with Gasteiger partial charge in [-0.3, -0.25) is 0 Å². The highest BCUT2D eigenvalue weighted by atomic mass is 79.9. The van der Waals surface area contributed by atoms with Crippen molar-refractivity contribution in [2.45, 2.75) is 18.4 Å². The van der Waals surface area contributed by atoms with Crippen LogP contribution in [0.1, 0.15) is 12.8 Å². The van der Waals surface area contributed by atoms with Gasteiger partial charge in [0, 0.05) is 11.0 Å². The van der Waals surface area contributed by atoms with E-state index in [0.29, 0.717) is 5.54 Å². The lowest BCUT2D eigenvalue weighted by Gasteiger charge is -2.09. The maximum Gasteiger partial charge on any atom is 0.0570 e. The Balaban J connectivity index is 2.28. The molecule has 2 heteroatoms. The highest BCUT2D eigenvalue weighted by Gasteiger charge is 2.39. The third-order valence-corrected chi connectivity index (χ3v) is 2.55. The van der Waals surface area contributed by atoms with Crippen LogP contribution in [-0.2, 0) is 0 Å². The molecule has 2 rings (SSSR count). The first-order valence-electron chi connectivity index (χ1n) is 3.18. The van der Waals surface area contributed by atoms with E-state index in [4.69, 9.17) is 0 Å². The number of rotatable bonds is 0. The normalized spacial score (nSPS) is 39.0. The molecule has 0 aromatic heterocycles. The van der Waals surface area contributed by atoms with E-state index < -0.39 is 0 Å². The van der Waals surface area contributed by atoms with E-state index in [2.05, 4.69) is 33.1 Å². The summed E-state index contributed by atoms with van der Waals surface area (Å²) >= 11 is 3.41. The van der Waals surface area contributed by atoms with Crippen LogP contribution in [0.4, 0.5) is 0 Å². The quantitative estimate of drug-likeness (QED) is 0.450. The lowest BCUT2D eigenvalue weighted by molar-refractivity contribution is 0.681. The second-order valence-electron chi connectivity index (χ2n) is 2.70. The van der Waals surface area contributed by atoms with Gasteiger partial charge in [0.1, 0.15) is 0 Å². The molecule has 1 spiro atoms. The summed E-state index contributed by atoms with van der Waals surface area (Å²) in [7, 11) is 0. The molecule has 1 saturated heterocycles. The van der Waals surface area contributed by atoms with E-state index in [0.717, 1.165) is 13.0 Å². The summed E-state index contributed by atoms with van der Waals surface area (Å²) in [6, 6.07) is 0. The monoisotopic (exact) mass is 185 g/mol. The van der Waals surface area contributed by atoms with Crippen LogP contribution in [0.2, 0.25) is 0 Å². The molecule has 1 aliphatic carbocycles. The van der Waals surface area contributed by atoms with Crippen LogP contribution in [0.15, 0.2) is 16.3 Å². The zero-order valence-corrected chi connectivity index (χ0v) is 6.66. The number of hydrogen-bond donors (Lipinski definition) is 1. The van der Waals surface area contributed by atoms with Gasteiger partial charge < -0.3 is 5.32 Å². The zero-order valence-electron chi connectivity index (χ0n) is 5.08. The molecule has 0 aromatic rings. The second kappa shape index (κ2) is 1.72. The zero-order chi connectivity index (χ0) is 6.32. The van der Waals surface area contributed by atoms with Crippen LogP contribution in [0.3, 0.4) is 0 Å². The summed E-state index contributed by atoms with van der Waals surface area (Å²) in [4.78, 5) is 0. The minimum absolute atomic E-state index is 0.372. The molecule has 1 N–H and O–H groups in total. The molecule has 0 radical (unpaired) electrons. The Kier molecular flexibility index (Phi) is 1.10. The van der Waals surface area contributed by atoms with Crippen molar-refractivity contribution < 1.29 is 0 Å². The van der Waals surface area contributed by atoms with Gasteiger partial charge in [-0.05, 0) is 34.8 Å². The molecule has 9 heavy (non-hydrogen) atoms. The van der Waals surface area contributed by atoms with E-state index >= 15 is 0 Å². The van der Waals surface area contributed by atoms with E-state index in [1.807, 2.05) is 0 Å². The minimum Gasteiger partial charge on any atom is -0.304 e. The molecule has 1 atom stereocenters. The molecule has 2 aliphatic rings. The Labute approximate surface area is 63.0 Å². The van der Waals surface area contributed by atoms with Crippen LogP contribution in [0.5, 0.6) is 0 Å². The Morgan fingerprint density at radius 2 is 2.56 bits per heavy atom. The first-order chi connectivity index (χ1) is 4.31. The maximum atomic E-state index is 3.41. The summed E-state index contributed by atoms with van der Waals surface area (Å²) in [6.07, 6.45) is 4.52. The third kappa shape index (κ3) is 0.983. The Morgan fingerprint density at radius 3 is 3.00 bits per heavy atom. The summed E-state index contributed by atoms with van der Waals surface area (Å²) in [5.41, 5.74) is 3.55. The summed E-state index contributed by atoms with van der Waals surface area (Å²) in [5.74, 6) is 0. The van der Waals surface area contributed by atoms with Gasteiger partial charge >= 0.3 is 0 Å². The van der Waals surface area contributed by atoms with E-state index in [1.54, 1.807) is 0 Å². The fourth-order valence-corrected chi connectivity index (χ4v) is 1.40. The molecule has 1 heterocycles. The van der Waals surface area contributed by atoms with Crippen LogP contribution in [-0.4, -0.2) is 12.1 Å². The highest BCUT2D eigenvalue weighted by Crippen LogP contribution is 2.31. The predicted molar refractivity (Wildman–Crippen MR) is 40.5 cm³/mol. The lowest BCUT2D eigenvalue weighted by atomic mass is 10.0. The fourth-order valence-electron chi connectivity index (χ4n) is 1.09. The first kappa shape index (κ1) is 5.72. The van der Waals surface area contributed by atoms with Crippen molar-refractivity contribution in [1.29, 1.82) is 0 Å². The molecule has 0 bridgehead atoms. The Hall–Kier alpha value is -0.0400.